The zero-order chi connectivity index (χ0) is 41.1. The number of ether oxygens (including phenoxy) is 2. The van der Waals surface area contributed by atoms with Gasteiger partial charge in [0.2, 0.25) is 0 Å². The molecule has 0 radical (unpaired) electrons. The Bertz CT molecular complexity index is 626. The predicted molar refractivity (Wildman–Crippen MR) is 241 cm³/mol. The lowest BCUT2D eigenvalue weighted by molar-refractivity contribution is -0.130. The van der Waals surface area contributed by atoms with E-state index >= 15 is 0 Å². The fourth-order valence-corrected chi connectivity index (χ4v) is 7.27. The van der Waals surface area contributed by atoms with Crippen LogP contribution in [0.25, 0.3) is 0 Å². The van der Waals surface area contributed by atoms with Crippen LogP contribution in [-0.4, -0.2) is 62.4 Å². The summed E-state index contributed by atoms with van der Waals surface area (Å²) in [5.41, 5.74) is 0. The topological polar surface area (TPSA) is 76.1 Å². The van der Waals surface area contributed by atoms with Crippen LogP contribution in [0.2, 0.25) is 0 Å². The molecule has 0 aromatic carbocycles. The first kappa shape index (κ1) is 58.2. The highest BCUT2D eigenvalue weighted by molar-refractivity contribution is 5.37. The van der Waals surface area contributed by atoms with Gasteiger partial charge in [-0.15, -0.1) is 0 Å². The minimum Gasteiger partial charge on any atom is -0.468 e. The molecule has 0 heterocycles. The van der Waals surface area contributed by atoms with Gasteiger partial charge in [0.05, 0.1) is 13.2 Å². The van der Waals surface area contributed by atoms with Crippen molar-refractivity contribution in [3.63, 3.8) is 0 Å². The number of carbonyl (C=O) groups excluding carboxylic acids is 2. The summed E-state index contributed by atoms with van der Waals surface area (Å²) in [4.78, 5) is 23.2. The lowest BCUT2D eigenvalue weighted by atomic mass is 9.95. The number of hydrogen-bond acceptors (Lipinski definition) is 6. The lowest BCUT2D eigenvalue weighted by Gasteiger charge is -2.21. The van der Waals surface area contributed by atoms with Gasteiger partial charge >= 0.3 is 0 Å². The molecule has 0 bridgehead atoms. The van der Waals surface area contributed by atoms with Gasteiger partial charge in [0.15, 0.2) is 0 Å². The van der Waals surface area contributed by atoms with Crippen LogP contribution in [-0.2, 0) is 19.1 Å². The molecule has 0 aliphatic rings. The maximum Gasteiger partial charge on any atom is 0.293 e. The third-order valence-corrected chi connectivity index (χ3v) is 11.0. The Morgan fingerprint density at radius 3 is 0.927 bits per heavy atom. The van der Waals surface area contributed by atoms with E-state index in [1.165, 1.54) is 219 Å². The first-order valence-corrected chi connectivity index (χ1v) is 24.5. The van der Waals surface area contributed by atoms with Crippen molar-refractivity contribution < 1.29 is 24.2 Å². The summed E-state index contributed by atoms with van der Waals surface area (Å²) in [5, 5.41) is 8.91. The molecule has 1 N–H and O–H groups in total. The Morgan fingerprint density at radius 1 is 0.382 bits per heavy atom. The van der Waals surface area contributed by atoms with Crippen molar-refractivity contribution in [2.24, 2.45) is 11.8 Å². The molecule has 0 rings (SSSR count). The molecule has 55 heavy (non-hydrogen) atoms. The molecule has 0 aromatic heterocycles. The normalized spacial score (nSPS) is 12.0. The largest absolute Gasteiger partial charge is 0.468 e. The van der Waals surface area contributed by atoms with Crippen molar-refractivity contribution in [2.75, 3.05) is 39.5 Å². The molecule has 0 aliphatic carbocycles. The number of aliphatic hydroxyl groups is 1. The van der Waals surface area contributed by atoms with Crippen molar-refractivity contribution in [3.8, 4) is 0 Å². The van der Waals surface area contributed by atoms with Gasteiger partial charge in [0.25, 0.3) is 12.9 Å². The van der Waals surface area contributed by atoms with E-state index < -0.39 is 0 Å². The second-order valence-electron chi connectivity index (χ2n) is 16.4. The summed E-state index contributed by atoms with van der Waals surface area (Å²) < 4.78 is 9.94. The molecular formula is C49H101NO5. The molecule has 6 heteroatoms. The molecule has 0 saturated carbocycles. The van der Waals surface area contributed by atoms with Gasteiger partial charge in [0, 0.05) is 13.2 Å². The third kappa shape index (κ3) is 52.9. The summed E-state index contributed by atoms with van der Waals surface area (Å²) >= 11 is 0. The van der Waals surface area contributed by atoms with Crippen LogP contribution in [0.5, 0.6) is 0 Å². The van der Waals surface area contributed by atoms with E-state index in [1.54, 1.807) is 0 Å². The predicted octanol–water partition coefficient (Wildman–Crippen LogP) is 14.8. The van der Waals surface area contributed by atoms with Crippen molar-refractivity contribution in [2.45, 2.75) is 253 Å². The number of rotatable bonds is 43. The van der Waals surface area contributed by atoms with Gasteiger partial charge in [-0.25, -0.2) is 0 Å². The molecular weight excluding hydrogens is 683 g/mol. The van der Waals surface area contributed by atoms with Crippen LogP contribution in [0.4, 0.5) is 0 Å². The van der Waals surface area contributed by atoms with Crippen LogP contribution in [0, 0.1) is 11.8 Å². The van der Waals surface area contributed by atoms with Crippen LogP contribution < -0.4 is 0 Å². The summed E-state index contributed by atoms with van der Waals surface area (Å²) in [6, 6.07) is 0. The Morgan fingerprint density at radius 2 is 0.636 bits per heavy atom. The van der Waals surface area contributed by atoms with Crippen molar-refractivity contribution in [1.29, 1.82) is 0 Å². The Kier molecular flexibility index (Phi) is 58.1. The zero-order valence-corrected chi connectivity index (χ0v) is 38.4. The highest BCUT2D eigenvalue weighted by Gasteiger charge is 2.10. The highest BCUT2D eigenvalue weighted by Crippen LogP contribution is 2.20. The van der Waals surface area contributed by atoms with E-state index in [4.69, 9.17) is 14.6 Å². The van der Waals surface area contributed by atoms with Gasteiger partial charge in [-0.1, -0.05) is 208 Å². The number of unbranched alkanes of at least 4 members (excludes halogenated alkanes) is 22. The second-order valence-corrected chi connectivity index (χ2v) is 16.4. The monoisotopic (exact) mass is 784 g/mol. The summed E-state index contributed by atoms with van der Waals surface area (Å²) in [6.45, 7) is 19.8. The molecule has 0 spiro atoms. The molecule has 0 aliphatic heterocycles. The van der Waals surface area contributed by atoms with Crippen molar-refractivity contribution >= 4 is 12.9 Å². The smallest absolute Gasteiger partial charge is 0.293 e. The van der Waals surface area contributed by atoms with Crippen molar-refractivity contribution in [1.82, 2.24) is 4.90 Å². The van der Waals surface area contributed by atoms with Gasteiger partial charge in [0.1, 0.15) is 0 Å². The first-order chi connectivity index (χ1) is 27.0. The quantitative estimate of drug-likeness (QED) is 0.0490. The molecule has 0 aromatic rings. The molecule has 0 amide bonds. The first-order valence-electron chi connectivity index (χ1n) is 24.5. The minimum atomic E-state index is 0.334. The van der Waals surface area contributed by atoms with Crippen LogP contribution in [0.1, 0.15) is 253 Å². The Labute approximate surface area is 345 Å². The van der Waals surface area contributed by atoms with Crippen molar-refractivity contribution in [3.05, 3.63) is 0 Å². The molecule has 0 saturated heterocycles. The Balaban J connectivity index is -0.000000739. The highest BCUT2D eigenvalue weighted by atomic mass is 16.5. The van der Waals surface area contributed by atoms with E-state index in [1.807, 2.05) is 0 Å². The number of carbonyl (C=O) groups is 2. The fourth-order valence-electron chi connectivity index (χ4n) is 7.27. The standard InChI is InChI=1S/2C17H34O2.C15H33NO/c2*1-3-5-7-9-10-12-14-17(15-19-16-18)13-11-8-6-4-2;1-3-5-7-9-12-16(14-11-15-17)13-10-8-6-4-2/h2*16-17H,3-15H2,1-2H3;17H,3-15H2,1-2H3. The zero-order valence-electron chi connectivity index (χ0n) is 38.4. The van der Waals surface area contributed by atoms with Gasteiger partial charge in [-0.3, -0.25) is 9.59 Å². The van der Waals surface area contributed by atoms with E-state index in [-0.39, 0.29) is 0 Å². The molecule has 6 nitrogen and oxygen atoms in total. The molecule has 2 atom stereocenters. The van der Waals surface area contributed by atoms with Crippen LogP contribution in [0.3, 0.4) is 0 Å². The number of hydrogen-bond donors (Lipinski definition) is 1. The van der Waals surface area contributed by atoms with E-state index in [0.717, 1.165) is 13.0 Å². The molecule has 332 valence electrons. The fraction of sp³-hybridized carbons (Fsp3) is 0.959. The number of aliphatic hydroxyl groups excluding tert-OH is 1. The van der Waals surface area contributed by atoms with E-state index in [2.05, 4.69) is 46.4 Å². The summed E-state index contributed by atoms with van der Waals surface area (Å²) in [5.74, 6) is 1.18. The maximum absolute atomic E-state index is 10.3. The van der Waals surface area contributed by atoms with Gasteiger partial charge in [-0.05, 0) is 69.9 Å². The minimum absolute atomic E-state index is 0.334. The average molecular weight is 784 g/mol. The SMILES string of the molecule is CCCCCCCCC(CCCCCC)COC=O.CCCCCCCCC(CCCCCC)COC=O.CCCCCCN(CCCO)CCCCCC. The van der Waals surface area contributed by atoms with E-state index in [9.17, 15) is 9.59 Å². The Hall–Kier alpha value is -1.14. The lowest BCUT2D eigenvalue weighted by Crippen LogP contribution is -2.27. The van der Waals surface area contributed by atoms with Gasteiger partial charge in [-0.2, -0.15) is 0 Å². The summed E-state index contributed by atoms with van der Waals surface area (Å²) in [7, 11) is 0. The van der Waals surface area contributed by atoms with Gasteiger partial charge < -0.3 is 19.5 Å². The van der Waals surface area contributed by atoms with E-state index in [0.29, 0.717) is 44.6 Å². The van der Waals surface area contributed by atoms with Crippen LogP contribution in [0.15, 0.2) is 0 Å². The third-order valence-electron chi connectivity index (χ3n) is 11.0. The molecule has 2 unspecified atom stereocenters. The average Bonchev–Trinajstić information content (AvgIpc) is 3.20. The molecule has 0 fully saturated rings. The second kappa shape index (κ2) is 55.0. The summed E-state index contributed by atoms with van der Waals surface area (Å²) in [6.07, 6.45) is 43.2. The van der Waals surface area contributed by atoms with Crippen LogP contribution >= 0.6 is 0 Å². The maximum atomic E-state index is 10.3. The number of nitrogens with zero attached hydrogens (tertiary/aromatic N) is 1.